The van der Waals surface area contributed by atoms with Gasteiger partial charge in [-0.1, -0.05) is 42.5 Å². The topological polar surface area (TPSA) is 95.8 Å². The average Bonchev–Trinajstić information content (AvgIpc) is 2.81. The zero-order valence-electron chi connectivity index (χ0n) is 16.7. The van der Waals surface area contributed by atoms with Gasteiger partial charge < -0.3 is 0 Å². The lowest BCUT2D eigenvalue weighted by molar-refractivity contribution is 0.0947. The number of hydrazone groups is 2. The second-order valence-corrected chi connectivity index (χ2v) is 6.42. The van der Waals surface area contributed by atoms with Crippen molar-refractivity contribution in [2.24, 2.45) is 10.2 Å². The third kappa shape index (κ3) is 5.45. The van der Waals surface area contributed by atoms with Crippen molar-refractivity contribution in [2.45, 2.75) is 13.8 Å². The molecule has 0 radical (unpaired) electrons. The van der Waals surface area contributed by atoms with Gasteiger partial charge in [-0.05, 0) is 50.2 Å². The highest BCUT2D eigenvalue weighted by atomic mass is 16.2. The lowest BCUT2D eigenvalue weighted by Crippen LogP contribution is -2.20. The van der Waals surface area contributed by atoms with Crippen molar-refractivity contribution in [3.05, 3.63) is 101 Å². The number of amides is 2. The predicted octanol–water partition coefficient (Wildman–Crippen LogP) is 3.39. The van der Waals surface area contributed by atoms with Crippen LogP contribution >= 0.6 is 0 Å². The zero-order valence-corrected chi connectivity index (χ0v) is 16.7. The van der Waals surface area contributed by atoms with E-state index < -0.39 is 0 Å². The molecule has 0 aliphatic heterocycles. The second kappa shape index (κ2) is 9.88. The van der Waals surface area contributed by atoms with Gasteiger partial charge in [-0.25, -0.2) is 15.8 Å². The summed E-state index contributed by atoms with van der Waals surface area (Å²) in [5, 5.41) is 8.26. The second-order valence-electron chi connectivity index (χ2n) is 6.42. The van der Waals surface area contributed by atoms with Crippen molar-refractivity contribution in [2.75, 3.05) is 0 Å². The highest BCUT2D eigenvalue weighted by Crippen LogP contribution is 2.04. The monoisotopic (exact) mass is 399 g/mol. The molecule has 0 saturated carbocycles. The number of nitrogens with one attached hydrogen (secondary N) is 2. The normalized spacial score (nSPS) is 11.7. The van der Waals surface area contributed by atoms with Gasteiger partial charge in [-0.2, -0.15) is 10.2 Å². The van der Waals surface area contributed by atoms with Gasteiger partial charge in [0.2, 0.25) is 0 Å². The lowest BCUT2D eigenvalue weighted by Gasteiger charge is -2.06. The van der Waals surface area contributed by atoms with E-state index in [2.05, 4.69) is 26.0 Å². The van der Waals surface area contributed by atoms with Crippen LogP contribution in [0.4, 0.5) is 0 Å². The number of carbonyl (C=O) groups excluding carboxylic acids is 2. The molecule has 2 aromatic carbocycles. The van der Waals surface area contributed by atoms with Gasteiger partial charge in [0.1, 0.15) is 0 Å². The standard InChI is InChI=1S/C23H21N5O2/c1-16(25-27-22(29)18-10-5-3-6-11-18)20-14-9-15-21(24-20)17(2)26-28-23(30)19-12-7-4-8-13-19/h3-15H,1-2H3,(H,27,29)(H,28,30)/b25-16+,26-17+. The van der Waals surface area contributed by atoms with Crippen LogP contribution < -0.4 is 10.9 Å². The SMILES string of the molecule is C/C(=N\NC(=O)c1ccccc1)c1cccc(/C(C)=N/NC(=O)c2ccccc2)n1. The van der Waals surface area contributed by atoms with Gasteiger partial charge in [0.25, 0.3) is 11.8 Å². The Morgan fingerprint density at radius 2 is 1.03 bits per heavy atom. The van der Waals surface area contributed by atoms with Crippen LogP contribution in [0.15, 0.2) is 89.1 Å². The summed E-state index contributed by atoms with van der Waals surface area (Å²) in [5.41, 5.74) is 8.36. The molecule has 2 N–H and O–H groups in total. The molecular formula is C23H21N5O2. The largest absolute Gasteiger partial charge is 0.271 e. The van der Waals surface area contributed by atoms with Crippen molar-refractivity contribution >= 4 is 23.2 Å². The molecule has 0 unspecified atom stereocenters. The highest BCUT2D eigenvalue weighted by molar-refractivity contribution is 6.02. The fourth-order valence-corrected chi connectivity index (χ4v) is 2.53. The van der Waals surface area contributed by atoms with Crippen LogP contribution in [0.2, 0.25) is 0 Å². The molecule has 1 aromatic heterocycles. The third-order valence-corrected chi connectivity index (χ3v) is 4.21. The molecule has 0 fully saturated rings. The summed E-state index contributed by atoms with van der Waals surface area (Å²) in [4.78, 5) is 28.8. The maximum Gasteiger partial charge on any atom is 0.271 e. The number of nitrogens with zero attached hydrogens (tertiary/aromatic N) is 3. The molecule has 3 rings (SSSR count). The Hall–Kier alpha value is -4.13. The number of benzene rings is 2. The molecule has 0 spiro atoms. The lowest BCUT2D eigenvalue weighted by atomic mass is 10.2. The van der Waals surface area contributed by atoms with E-state index in [9.17, 15) is 9.59 Å². The molecule has 2 amide bonds. The molecule has 0 bridgehead atoms. The van der Waals surface area contributed by atoms with Crippen molar-refractivity contribution in [3.8, 4) is 0 Å². The van der Waals surface area contributed by atoms with E-state index >= 15 is 0 Å². The number of hydrogen-bond donors (Lipinski definition) is 2. The van der Waals surface area contributed by atoms with Crippen molar-refractivity contribution in [1.29, 1.82) is 0 Å². The van der Waals surface area contributed by atoms with Gasteiger partial charge >= 0.3 is 0 Å². The summed E-state index contributed by atoms with van der Waals surface area (Å²) in [6.07, 6.45) is 0. The van der Waals surface area contributed by atoms with Crippen LogP contribution in [-0.2, 0) is 0 Å². The molecule has 3 aromatic rings. The summed E-state index contributed by atoms with van der Waals surface area (Å²) in [6.45, 7) is 3.50. The van der Waals surface area contributed by atoms with Crippen molar-refractivity contribution < 1.29 is 9.59 Å². The van der Waals surface area contributed by atoms with E-state index in [-0.39, 0.29) is 11.8 Å². The minimum Gasteiger partial charge on any atom is -0.267 e. The van der Waals surface area contributed by atoms with Gasteiger partial charge in [0.05, 0.1) is 22.8 Å². The van der Waals surface area contributed by atoms with Crippen LogP contribution in [-0.4, -0.2) is 28.2 Å². The van der Waals surface area contributed by atoms with Crippen LogP contribution in [0.5, 0.6) is 0 Å². The molecule has 7 heteroatoms. The Labute approximate surface area is 174 Å². The Kier molecular flexibility index (Phi) is 6.78. The summed E-state index contributed by atoms with van der Waals surface area (Å²) in [7, 11) is 0. The van der Waals surface area contributed by atoms with E-state index in [0.29, 0.717) is 33.9 Å². The van der Waals surface area contributed by atoms with Crippen LogP contribution in [0, 0.1) is 0 Å². The van der Waals surface area contributed by atoms with Crippen LogP contribution in [0.3, 0.4) is 0 Å². The Balaban J connectivity index is 1.68. The Bertz CT molecular complexity index is 1010. The van der Waals surface area contributed by atoms with Crippen LogP contribution in [0.25, 0.3) is 0 Å². The number of aromatic nitrogens is 1. The number of carbonyl (C=O) groups is 2. The van der Waals surface area contributed by atoms with Gasteiger partial charge in [-0.15, -0.1) is 0 Å². The minimum atomic E-state index is -0.299. The first-order valence-electron chi connectivity index (χ1n) is 9.32. The van der Waals surface area contributed by atoms with E-state index in [0.717, 1.165) is 0 Å². The van der Waals surface area contributed by atoms with E-state index in [1.54, 1.807) is 74.5 Å². The molecule has 0 aliphatic carbocycles. The summed E-state index contributed by atoms with van der Waals surface area (Å²) in [6, 6.07) is 23.1. The maximum atomic E-state index is 12.1. The average molecular weight is 399 g/mol. The zero-order chi connectivity index (χ0) is 21.3. The Morgan fingerprint density at radius 3 is 1.43 bits per heavy atom. The third-order valence-electron chi connectivity index (χ3n) is 4.21. The van der Waals surface area contributed by atoms with Crippen molar-refractivity contribution in [1.82, 2.24) is 15.8 Å². The molecule has 0 atom stereocenters. The van der Waals surface area contributed by atoms with Gasteiger partial charge in [0.15, 0.2) is 0 Å². The van der Waals surface area contributed by atoms with E-state index in [4.69, 9.17) is 0 Å². The number of rotatable bonds is 6. The molecule has 1 heterocycles. The quantitative estimate of drug-likeness (QED) is 0.491. The minimum absolute atomic E-state index is 0.299. The molecule has 7 nitrogen and oxygen atoms in total. The van der Waals surface area contributed by atoms with Crippen LogP contribution in [0.1, 0.15) is 46.0 Å². The molecule has 0 aliphatic rings. The summed E-state index contributed by atoms with van der Waals surface area (Å²) in [5.74, 6) is -0.597. The fraction of sp³-hybridized carbons (Fsp3) is 0.0870. The van der Waals surface area contributed by atoms with E-state index in [1.165, 1.54) is 0 Å². The van der Waals surface area contributed by atoms with E-state index in [1.807, 2.05) is 18.2 Å². The van der Waals surface area contributed by atoms with Gasteiger partial charge in [0, 0.05) is 11.1 Å². The molecular weight excluding hydrogens is 378 g/mol. The molecule has 30 heavy (non-hydrogen) atoms. The fourth-order valence-electron chi connectivity index (χ4n) is 2.53. The Morgan fingerprint density at radius 1 is 0.633 bits per heavy atom. The maximum absolute atomic E-state index is 12.1. The smallest absolute Gasteiger partial charge is 0.267 e. The first-order valence-corrected chi connectivity index (χ1v) is 9.32. The number of hydrogen-bond acceptors (Lipinski definition) is 5. The van der Waals surface area contributed by atoms with Crippen molar-refractivity contribution in [3.63, 3.8) is 0 Å². The molecule has 150 valence electrons. The highest BCUT2D eigenvalue weighted by Gasteiger charge is 2.08. The van der Waals surface area contributed by atoms with Gasteiger partial charge in [-0.3, -0.25) is 9.59 Å². The number of pyridine rings is 1. The molecule has 0 saturated heterocycles. The first kappa shape index (κ1) is 20.6. The predicted molar refractivity (Wildman–Crippen MR) is 116 cm³/mol. The first-order chi connectivity index (χ1) is 14.5. The summed E-state index contributed by atoms with van der Waals surface area (Å²) < 4.78 is 0. The summed E-state index contributed by atoms with van der Waals surface area (Å²) >= 11 is 0.